The van der Waals surface area contributed by atoms with Crippen LogP contribution in [0.2, 0.25) is 0 Å². The van der Waals surface area contributed by atoms with Gasteiger partial charge < -0.3 is 24.6 Å². The molecule has 3 aliphatic rings. The summed E-state index contributed by atoms with van der Waals surface area (Å²) in [5.41, 5.74) is 6.76. The molecule has 3 aromatic carbocycles. The molecule has 2 aliphatic heterocycles. The Morgan fingerprint density at radius 1 is 1.04 bits per heavy atom. The summed E-state index contributed by atoms with van der Waals surface area (Å²) in [4.78, 5) is 29.1. The molecule has 2 saturated heterocycles. The number of anilines is 3. The van der Waals surface area contributed by atoms with Gasteiger partial charge in [0.05, 0.1) is 47.5 Å². The molecular weight excluding hydrogens is 683 g/mol. The van der Waals surface area contributed by atoms with Gasteiger partial charge in [-0.3, -0.25) is 14.5 Å². The number of imide groups is 1. The number of nitrogens with one attached hydrogen (secondary N) is 1. The van der Waals surface area contributed by atoms with E-state index in [9.17, 15) is 14.7 Å². The number of phenols is 1. The number of hydrogen-bond acceptors (Lipinski definition) is 7. The van der Waals surface area contributed by atoms with Crippen molar-refractivity contribution in [1.82, 2.24) is 0 Å². The quantitative estimate of drug-likeness (QED) is 0.131. The van der Waals surface area contributed by atoms with E-state index in [2.05, 4.69) is 40.9 Å². The number of halogens is 1. The molecule has 1 aliphatic carbocycles. The van der Waals surface area contributed by atoms with Crippen LogP contribution >= 0.6 is 22.6 Å². The molecule has 0 radical (unpaired) electrons. The van der Waals surface area contributed by atoms with Crippen LogP contribution in [-0.4, -0.2) is 50.5 Å². The number of hydrogen-bond donors (Lipinski definition) is 2. The fraction of sp³-hybridized carbons (Fsp3) is 0.333. The molecule has 4 atom stereocenters. The third-order valence-electron chi connectivity index (χ3n) is 9.00. The van der Waals surface area contributed by atoms with Crippen LogP contribution in [0.15, 0.2) is 83.4 Å². The third-order valence-corrected chi connectivity index (χ3v) is 9.82. The maximum Gasteiger partial charge on any atom is 0.238 e. The van der Waals surface area contributed by atoms with Crippen molar-refractivity contribution in [2.75, 3.05) is 37.7 Å². The van der Waals surface area contributed by atoms with Gasteiger partial charge in [0.2, 0.25) is 11.8 Å². The van der Waals surface area contributed by atoms with E-state index in [1.807, 2.05) is 66.7 Å². The van der Waals surface area contributed by atoms with Crippen LogP contribution < -0.4 is 15.0 Å². The lowest BCUT2D eigenvalue weighted by Crippen LogP contribution is -2.35. The minimum Gasteiger partial charge on any atom is -0.504 e. The number of nitrogens with zero attached hydrogens (tertiary/aromatic N) is 1. The number of phenolic OH excluding ortho intramolecular Hbond substituents is 1. The highest BCUT2D eigenvalue weighted by Crippen LogP contribution is 2.50. The van der Waals surface area contributed by atoms with Crippen LogP contribution in [0.3, 0.4) is 0 Å². The summed E-state index contributed by atoms with van der Waals surface area (Å²) in [5.74, 6) is -0.725. The van der Waals surface area contributed by atoms with Gasteiger partial charge in [-0.2, -0.15) is 0 Å². The number of aromatic hydroxyl groups is 1. The number of allylic oxidation sites excluding steroid dienone is 1. The van der Waals surface area contributed by atoms with Crippen molar-refractivity contribution in [1.29, 1.82) is 0 Å². The summed E-state index contributed by atoms with van der Waals surface area (Å²) in [7, 11) is 3.21. The van der Waals surface area contributed by atoms with Gasteiger partial charge in [0, 0.05) is 24.4 Å². The normalized spacial score (nSPS) is 22.9. The van der Waals surface area contributed by atoms with Crippen LogP contribution in [0.1, 0.15) is 31.7 Å². The number of rotatable bonds is 10. The smallest absolute Gasteiger partial charge is 0.238 e. The Balaban J connectivity index is 1.18. The number of para-hydroxylation sites is 1. The summed E-state index contributed by atoms with van der Waals surface area (Å²) >= 11 is 2.10. The summed E-state index contributed by atoms with van der Waals surface area (Å²) in [6.45, 7) is 2.91. The average molecular weight is 721 g/mol. The highest BCUT2D eigenvalue weighted by atomic mass is 127. The molecule has 2 N–H and O–H groups in total. The molecule has 45 heavy (non-hydrogen) atoms. The monoisotopic (exact) mass is 720 g/mol. The van der Waals surface area contributed by atoms with Crippen LogP contribution in [0.4, 0.5) is 17.1 Å². The molecule has 3 aromatic rings. The maximum atomic E-state index is 14.0. The highest BCUT2D eigenvalue weighted by molar-refractivity contribution is 14.1. The molecule has 0 bridgehead atoms. The van der Waals surface area contributed by atoms with Crippen LogP contribution in [-0.2, 0) is 19.1 Å². The van der Waals surface area contributed by atoms with Gasteiger partial charge in [0.15, 0.2) is 11.5 Å². The van der Waals surface area contributed by atoms with E-state index in [0.29, 0.717) is 31.1 Å². The second-order valence-electron chi connectivity index (χ2n) is 11.9. The van der Waals surface area contributed by atoms with Crippen LogP contribution in [0, 0.1) is 21.3 Å². The molecule has 2 heterocycles. The molecule has 0 spiro atoms. The Bertz CT molecular complexity index is 1650. The lowest BCUT2D eigenvalue weighted by Gasteiger charge is -2.31. The molecule has 2 fully saturated rings. The number of fused-ring (bicyclic) bond motifs is 3. The highest BCUT2D eigenvalue weighted by Gasteiger charge is 2.57. The fourth-order valence-corrected chi connectivity index (χ4v) is 7.59. The molecule has 234 valence electrons. The molecule has 0 aromatic heterocycles. The van der Waals surface area contributed by atoms with Crippen molar-refractivity contribution in [2.24, 2.45) is 17.8 Å². The summed E-state index contributed by atoms with van der Waals surface area (Å²) in [6.07, 6.45) is 4.00. The van der Waals surface area contributed by atoms with Crippen molar-refractivity contribution in [3.63, 3.8) is 0 Å². The minimum absolute atomic E-state index is 0.140. The van der Waals surface area contributed by atoms with Crippen molar-refractivity contribution in [3.8, 4) is 11.5 Å². The van der Waals surface area contributed by atoms with E-state index in [1.54, 1.807) is 14.2 Å². The lowest BCUT2D eigenvalue weighted by molar-refractivity contribution is -0.122. The van der Waals surface area contributed by atoms with Crippen molar-refractivity contribution in [3.05, 3.63) is 92.6 Å². The van der Waals surface area contributed by atoms with E-state index in [-0.39, 0.29) is 29.6 Å². The Morgan fingerprint density at radius 3 is 2.49 bits per heavy atom. The molecule has 6 rings (SSSR count). The Hall–Kier alpha value is -3.67. The lowest BCUT2D eigenvalue weighted by atomic mass is 9.69. The number of methoxy groups -OCH3 is 2. The van der Waals surface area contributed by atoms with Gasteiger partial charge in [-0.15, -0.1) is 0 Å². The molecule has 9 heteroatoms. The largest absolute Gasteiger partial charge is 0.504 e. The zero-order chi connectivity index (χ0) is 31.7. The molecule has 2 amide bonds. The van der Waals surface area contributed by atoms with Gasteiger partial charge in [-0.1, -0.05) is 29.8 Å². The second kappa shape index (κ2) is 13.4. The Kier molecular flexibility index (Phi) is 9.30. The third kappa shape index (κ3) is 6.25. The Morgan fingerprint density at radius 2 is 1.78 bits per heavy atom. The van der Waals surface area contributed by atoms with Crippen LogP contribution in [0.5, 0.6) is 11.5 Å². The zero-order valence-corrected chi connectivity index (χ0v) is 27.7. The van der Waals surface area contributed by atoms with Crippen molar-refractivity contribution >= 4 is 57.5 Å². The molecule has 0 saturated carbocycles. The molecular formula is C36H37IN2O6. The number of carbonyl (C=O) groups excluding carboxylic acids is 2. The van der Waals surface area contributed by atoms with E-state index in [1.165, 1.54) is 4.90 Å². The molecule has 8 nitrogen and oxygen atoms in total. The van der Waals surface area contributed by atoms with Crippen molar-refractivity contribution in [2.45, 2.75) is 32.3 Å². The van der Waals surface area contributed by atoms with Gasteiger partial charge in [-0.05, 0) is 114 Å². The standard InChI is InChI=1S/C36H37IN2O6/c1-21(15-22-16-29(37)34(40)31(17-22)44-3)9-14-30-32-23(19-43-2)18-27-33(28(32)20-45-30)36(42)39(35(27)41)26-12-10-25(11-13-26)38-24-7-5-4-6-8-24/h4-8,10-13,15-17,27-28,30,33,38,40H,9,14,18-20H2,1-3H3/b21-15+/t27-,28+,30-,33-/m1/s1. The summed E-state index contributed by atoms with van der Waals surface area (Å²) in [5, 5.41) is 13.5. The van der Waals surface area contributed by atoms with Gasteiger partial charge >= 0.3 is 0 Å². The summed E-state index contributed by atoms with van der Waals surface area (Å²) < 4.78 is 18.0. The predicted molar refractivity (Wildman–Crippen MR) is 183 cm³/mol. The topological polar surface area (TPSA) is 97.3 Å². The first-order valence-corrected chi connectivity index (χ1v) is 16.2. The van der Waals surface area contributed by atoms with Gasteiger partial charge in [0.1, 0.15) is 0 Å². The van der Waals surface area contributed by atoms with Gasteiger partial charge in [-0.25, -0.2) is 0 Å². The molecule has 0 unspecified atom stereocenters. The maximum absolute atomic E-state index is 14.0. The van der Waals surface area contributed by atoms with Gasteiger partial charge in [0.25, 0.3) is 0 Å². The SMILES string of the molecule is COCC1=C2[C@@H](CC/C(C)=C/c3cc(I)c(O)c(OC)c3)OC[C@@H]2[C@@H]2C(=O)N(c3ccc(Nc4ccccc4)cc3)C(=O)[C@@H]2C1. The number of amides is 2. The number of ether oxygens (including phenoxy) is 3. The number of carbonyl (C=O) groups is 2. The second-order valence-corrected chi connectivity index (χ2v) is 13.1. The van der Waals surface area contributed by atoms with Crippen LogP contribution in [0.25, 0.3) is 6.08 Å². The van der Waals surface area contributed by atoms with E-state index in [0.717, 1.165) is 50.1 Å². The van der Waals surface area contributed by atoms with E-state index in [4.69, 9.17) is 14.2 Å². The first-order chi connectivity index (χ1) is 21.8. The van der Waals surface area contributed by atoms with E-state index >= 15 is 0 Å². The summed E-state index contributed by atoms with van der Waals surface area (Å²) in [6, 6.07) is 21.0. The number of benzene rings is 3. The zero-order valence-electron chi connectivity index (χ0n) is 25.6. The first-order valence-electron chi connectivity index (χ1n) is 15.1. The first kappa shape index (κ1) is 31.3. The predicted octanol–water partition coefficient (Wildman–Crippen LogP) is 7.10. The Labute approximate surface area is 277 Å². The fourth-order valence-electron chi connectivity index (χ4n) is 6.96. The van der Waals surface area contributed by atoms with E-state index < -0.39 is 11.8 Å². The average Bonchev–Trinajstić information content (AvgIpc) is 3.57. The van der Waals surface area contributed by atoms with Crippen molar-refractivity contribution < 1.29 is 28.9 Å². The minimum atomic E-state index is -0.441.